The summed E-state index contributed by atoms with van der Waals surface area (Å²) in [6.45, 7) is 0. The van der Waals surface area contributed by atoms with Crippen molar-refractivity contribution in [1.82, 2.24) is 9.97 Å². The van der Waals surface area contributed by atoms with Crippen LogP contribution in [0.25, 0.3) is 0 Å². The largest absolute Gasteiger partial charge is 0.339 e. The van der Waals surface area contributed by atoms with E-state index in [0.717, 1.165) is 0 Å². The predicted molar refractivity (Wildman–Crippen MR) is 91.2 cm³/mol. The summed E-state index contributed by atoms with van der Waals surface area (Å²) in [5.41, 5.74) is 1.68. The van der Waals surface area contributed by atoms with E-state index in [1.54, 1.807) is 12.1 Å². The first-order valence-corrected chi connectivity index (χ1v) is 7.30. The summed E-state index contributed by atoms with van der Waals surface area (Å²) in [5.74, 6) is 0.187. The van der Waals surface area contributed by atoms with Crippen molar-refractivity contribution in [2.45, 2.75) is 0 Å². The Morgan fingerprint density at radius 3 is 2.48 bits per heavy atom. The summed E-state index contributed by atoms with van der Waals surface area (Å²) in [4.78, 5) is 20.3. The first-order chi connectivity index (χ1) is 11.2. The number of amides is 1. The molecule has 0 atom stereocenters. The van der Waals surface area contributed by atoms with Crippen molar-refractivity contribution in [2.75, 3.05) is 10.6 Å². The second-order valence-corrected chi connectivity index (χ2v) is 5.12. The van der Waals surface area contributed by atoms with E-state index in [1.165, 1.54) is 6.33 Å². The minimum absolute atomic E-state index is 0.262. The molecule has 0 spiro atoms. The molecule has 23 heavy (non-hydrogen) atoms. The molecule has 0 aliphatic rings. The summed E-state index contributed by atoms with van der Waals surface area (Å²) in [6, 6.07) is 18.1. The van der Waals surface area contributed by atoms with Crippen LogP contribution in [0.15, 0.2) is 67.0 Å². The molecule has 114 valence electrons. The number of hydrogen-bond donors (Lipinski definition) is 2. The van der Waals surface area contributed by atoms with Gasteiger partial charge < -0.3 is 10.6 Å². The number of aromatic nitrogens is 2. The number of nitrogens with one attached hydrogen (secondary N) is 2. The average Bonchev–Trinajstić information content (AvgIpc) is 2.58. The molecule has 2 N–H and O–H groups in total. The van der Waals surface area contributed by atoms with Crippen LogP contribution >= 0.6 is 11.6 Å². The summed E-state index contributed by atoms with van der Waals surface area (Å²) < 4.78 is 0. The third-order valence-corrected chi connectivity index (χ3v) is 3.40. The van der Waals surface area contributed by atoms with Crippen molar-refractivity contribution in [3.8, 4) is 0 Å². The third-order valence-electron chi connectivity index (χ3n) is 3.07. The molecule has 0 bridgehead atoms. The highest BCUT2D eigenvalue weighted by Gasteiger charge is 2.09. The molecule has 3 rings (SSSR count). The van der Waals surface area contributed by atoms with Crippen LogP contribution in [0.3, 0.4) is 0 Å². The maximum atomic E-state index is 12.2. The van der Waals surface area contributed by atoms with Gasteiger partial charge >= 0.3 is 0 Å². The SMILES string of the molecule is O=C(Nc1ccccc1)c1cc(Nc2ccccc2Cl)ncn1. The van der Waals surface area contributed by atoms with Gasteiger partial charge in [-0.25, -0.2) is 9.97 Å². The molecule has 3 aromatic rings. The topological polar surface area (TPSA) is 66.9 Å². The molecule has 1 aromatic heterocycles. The number of para-hydroxylation sites is 2. The molecule has 0 unspecified atom stereocenters. The quantitative estimate of drug-likeness (QED) is 0.757. The van der Waals surface area contributed by atoms with Crippen molar-refractivity contribution in [2.24, 2.45) is 0 Å². The normalized spacial score (nSPS) is 10.1. The molecular formula is C17H13ClN4O. The number of nitrogens with zero attached hydrogens (tertiary/aromatic N) is 2. The van der Waals surface area contributed by atoms with Crippen molar-refractivity contribution in [1.29, 1.82) is 0 Å². The highest BCUT2D eigenvalue weighted by molar-refractivity contribution is 6.33. The van der Waals surface area contributed by atoms with Crippen LogP contribution in [0.1, 0.15) is 10.5 Å². The van der Waals surface area contributed by atoms with E-state index in [2.05, 4.69) is 20.6 Å². The fourth-order valence-corrected chi connectivity index (χ4v) is 2.15. The number of carbonyl (C=O) groups excluding carboxylic acids is 1. The van der Waals surface area contributed by atoms with Gasteiger partial charge in [0.2, 0.25) is 0 Å². The van der Waals surface area contributed by atoms with Crippen LogP contribution in [0.4, 0.5) is 17.2 Å². The molecular weight excluding hydrogens is 312 g/mol. The zero-order valence-corrected chi connectivity index (χ0v) is 12.8. The lowest BCUT2D eigenvalue weighted by molar-refractivity contribution is 0.102. The summed E-state index contributed by atoms with van der Waals surface area (Å²) in [7, 11) is 0. The van der Waals surface area contributed by atoms with E-state index >= 15 is 0 Å². The van der Waals surface area contributed by atoms with Crippen LogP contribution in [-0.4, -0.2) is 15.9 Å². The highest BCUT2D eigenvalue weighted by atomic mass is 35.5. The molecule has 6 heteroatoms. The Bertz CT molecular complexity index is 824. The number of carbonyl (C=O) groups is 1. The van der Waals surface area contributed by atoms with Crippen molar-refractivity contribution in [3.05, 3.63) is 77.7 Å². The Hall–Kier alpha value is -2.92. The number of hydrogen-bond acceptors (Lipinski definition) is 4. The Balaban J connectivity index is 1.77. The van der Waals surface area contributed by atoms with Crippen molar-refractivity contribution < 1.29 is 4.79 Å². The number of halogens is 1. The van der Waals surface area contributed by atoms with Gasteiger partial charge in [-0.3, -0.25) is 4.79 Å². The van der Waals surface area contributed by atoms with Gasteiger partial charge in [0.05, 0.1) is 10.7 Å². The molecule has 0 fully saturated rings. The van der Waals surface area contributed by atoms with E-state index in [-0.39, 0.29) is 11.6 Å². The van der Waals surface area contributed by atoms with Crippen LogP contribution in [0, 0.1) is 0 Å². The molecule has 0 aliphatic heterocycles. The van der Waals surface area contributed by atoms with E-state index in [1.807, 2.05) is 48.5 Å². The van der Waals surface area contributed by atoms with Gasteiger partial charge in [0.25, 0.3) is 5.91 Å². The fourth-order valence-electron chi connectivity index (χ4n) is 1.97. The zero-order valence-electron chi connectivity index (χ0n) is 12.0. The summed E-state index contributed by atoms with van der Waals surface area (Å²) >= 11 is 6.10. The highest BCUT2D eigenvalue weighted by Crippen LogP contribution is 2.23. The molecule has 0 radical (unpaired) electrons. The van der Waals surface area contributed by atoms with E-state index < -0.39 is 0 Å². The van der Waals surface area contributed by atoms with Gasteiger partial charge in [-0.15, -0.1) is 0 Å². The Morgan fingerprint density at radius 1 is 0.957 bits per heavy atom. The second-order valence-electron chi connectivity index (χ2n) is 4.71. The Kier molecular flexibility index (Phi) is 4.49. The Morgan fingerprint density at radius 2 is 1.70 bits per heavy atom. The van der Waals surface area contributed by atoms with Crippen LogP contribution in [-0.2, 0) is 0 Å². The first kappa shape index (κ1) is 15.0. The van der Waals surface area contributed by atoms with Gasteiger partial charge in [-0.2, -0.15) is 0 Å². The van der Waals surface area contributed by atoms with Gasteiger partial charge in [0.1, 0.15) is 17.8 Å². The molecule has 0 saturated carbocycles. The van der Waals surface area contributed by atoms with Gasteiger partial charge in [0, 0.05) is 11.8 Å². The minimum atomic E-state index is -0.305. The fraction of sp³-hybridized carbons (Fsp3) is 0. The number of anilines is 3. The summed E-state index contributed by atoms with van der Waals surface area (Å²) in [6.07, 6.45) is 1.33. The molecule has 0 aliphatic carbocycles. The second kappa shape index (κ2) is 6.89. The maximum absolute atomic E-state index is 12.2. The monoisotopic (exact) mass is 324 g/mol. The zero-order chi connectivity index (χ0) is 16.1. The minimum Gasteiger partial charge on any atom is -0.339 e. The lowest BCUT2D eigenvalue weighted by Crippen LogP contribution is -2.14. The third kappa shape index (κ3) is 3.84. The summed E-state index contributed by atoms with van der Waals surface area (Å²) in [5, 5.41) is 6.42. The average molecular weight is 325 g/mol. The van der Waals surface area contributed by atoms with Crippen molar-refractivity contribution >= 4 is 34.7 Å². The Labute approximate surface area is 138 Å². The number of rotatable bonds is 4. The standard InChI is InChI=1S/C17H13ClN4O/c18-13-8-4-5-9-14(13)22-16-10-15(19-11-20-16)17(23)21-12-6-2-1-3-7-12/h1-11H,(H,21,23)(H,19,20,22). The van der Waals surface area contributed by atoms with Crippen molar-refractivity contribution in [3.63, 3.8) is 0 Å². The molecule has 5 nitrogen and oxygen atoms in total. The van der Waals surface area contributed by atoms with Crippen LogP contribution in [0.2, 0.25) is 5.02 Å². The molecule has 2 aromatic carbocycles. The maximum Gasteiger partial charge on any atom is 0.274 e. The first-order valence-electron chi connectivity index (χ1n) is 6.92. The van der Waals surface area contributed by atoms with Gasteiger partial charge in [-0.1, -0.05) is 41.9 Å². The lowest BCUT2D eigenvalue weighted by Gasteiger charge is -2.08. The molecule has 0 saturated heterocycles. The smallest absolute Gasteiger partial charge is 0.274 e. The van der Waals surface area contributed by atoms with Crippen LogP contribution < -0.4 is 10.6 Å². The van der Waals surface area contributed by atoms with Crippen LogP contribution in [0.5, 0.6) is 0 Å². The molecule has 1 amide bonds. The van der Waals surface area contributed by atoms with E-state index in [4.69, 9.17) is 11.6 Å². The van der Waals surface area contributed by atoms with E-state index in [9.17, 15) is 4.79 Å². The predicted octanol–water partition coefficient (Wildman–Crippen LogP) is 4.13. The van der Waals surface area contributed by atoms with Gasteiger partial charge in [-0.05, 0) is 24.3 Å². The molecule has 1 heterocycles. The van der Waals surface area contributed by atoms with E-state index in [0.29, 0.717) is 22.2 Å². The lowest BCUT2D eigenvalue weighted by atomic mass is 10.3. The number of benzene rings is 2. The van der Waals surface area contributed by atoms with Gasteiger partial charge in [0.15, 0.2) is 0 Å².